The van der Waals surface area contributed by atoms with Gasteiger partial charge in [-0.25, -0.2) is 0 Å². The zero-order valence-electron chi connectivity index (χ0n) is 7.13. The van der Waals surface area contributed by atoms with Crippen LogP contribution in [0.15, 0.2) is 18.2 Å². The molecule has 2 N–H and O–H groups in total. The van der Waals surface area contributed by atoms with E-state index in [9.17, 15) is 0 Å². The largest absolute Gasteiger partial charge is 0.486 e. The van der Waals surface area contributed by atoms with Crippen LogP contribution in [-0.2, 0) is 4.74 Å². The molecule has 0 atom stereocenters. The van der Waals surface area contributed by atoms with E-state index in [0.717, 1.165) is 11.1 Å². The Hall–Kier alpha value is -1.09. The van der Waals surface area contributed by atoms with Crippen molar-refractivity contribution >= 4 is 23.0 Å². The summed E-state index contributed by atoms with van der Waals surface area (Å²) < 4.78 is 4.95. The Bertz CT molecular complexity index is 289. The molecule has 0 saturated carbocycles. The van der Waals surface area contributed by atoms with Gasteiger partial charge in [-0.2, -0.15) is 0 Å². The number of aryl methyl sites for hydroxylation is 1. The lowest BCUT2D eigenvalue weighted by molar-refractivity contribution is 0.416. The summed E-state index contributed by atoms with van der Waals surface area (Å²) in [5, 5.41) is 0.450. The molecule has 0 aromatic heterocycles. The van der Waals surface area contributed by atoms with Crippen molar-refractivity contribution in [3.63, 3.8) is 0 Å². The van der Waals surface area contributed by atoms with Gasteiger partial charge in [-0.05, 0) is 30.8 Å². The normalized spacial score (nSPS) is 9.50. The minimum absolute atomic E-state index is 0.450. The summed E-state index contributed by atoms with van der Waals surface area (Å²) in [6, 6.07) is 5.66. The Labute approximate surface area is 77.3 Å². The molecule has 0 saturated heterocycles. The monoisotopic (exact) mass is 181 g/mol. The lowest BCUT2D eigenvalue weighted by atomic mass is 10.1. The number of benzene rings is 1. The molecule has 1 rings (SSSR count). The Kier molecular flexibility index (Phi) is 2.65. The van der Waals surface area contributed by atoms with Crippen molar-refractivity contribution < 1.29 is 4.74 Å². The molecule has 0 heterocycles. The number of ether oxygens (including phenoxy) is 1. The Morgan fingerprint density at radius 1 is 1.50 bits per heavy atom. The number of nitrogens with two attached hydrogens (primary N) is 1. The fourth-order valence-electron chi connectivity index (χ4n) is 1.07. The van der Waals surface area contributed by atoms with Gasteiger partial charge in [0.1, 0.15) is 0 Å². The van der Waals surface area contributed by atoms with E-state index < -0.39 is 0 Å². The van der Waals surface area contributed by atoms with Gasteiger partial charge in [-0.15, -0.1) is 0 Å². The Morgan fingerprint density at radius 2 is 2.17 bits per heavy atom. The predicted octanol–water partition coefficient (Wildman–Crippen LogP) is 1.90. The van der Waals surface area contributed by atoms with Crippen LogP contribution in [0.25, 0.3) is 0 Å². The van der Waals surface area contributed by atoms with Gasteiger partial charge in [-0.3, -0.25) is 0 Å². The quantitative estimate of drug-likeness (QED) is 0.531. The van der Waals surface area contributed by atoms with Crippen molar-refractivity contribution in [1.82, 2.24) is 0 Å². The lowest BCUT2D eigenvalue weighted by Crippen LogP contribution is -2.06. The number of thiocarbonyl (C=S) groups is 1. The molecule has 0 aliphatic heterocycles. The molecule has 1 aromatic rings. The highest BCUT2D eigenvalue weighted by Crippen LogP contribution is 2.17. The number of rotatable bonds is 1. The van der Waals surface area contributed by atoms with E-state index >= 15 is 0 Å². The fourth-order valence-corrected chi connectivity index (χ4v) is 1.35. The molecule has 64 valence electrons. The zero-order chi connectivity index (χ0) is 9.14. The molecule has 0 aliphatic carbocycles. The number of methoxy groups -OCH3 is 1. The summed E-state index contributed by atoms with van der Waals surface area (Å²) in [5.74, 6) is 0. The van der Waals surface area contributed by atoms with E-state index in [0.29, 0.717) is 10.7 Å². The second-order valence-electron chi connectivity index (χ2n) is 2.53. The van der Waals surface area contributed by atoms with Gasteiger partial charge >= 0.3 is 0 Å². The van der Waals surface area contributed by atoms with E-state index in [4.69, 9.17) is 22.7 Å². The van der Waals surface area contributed by atoms with Gasteiger partial charge in [0.05, 0.1) is 12.7 Å². The molecular formula is C9H11NOS. The third-order valence-corrected chi connectivity index (χ3v) is 2.07. The first kappa shape index (κ1) is 9.00. The van der Waals surface area contributed by atoms with Crippen LogP contribution in [0.5, 0.6) is 0 Å². The maximum atomic E-state index is 5.73. The first-order valence-electron chi connectivity index (χ1n) is 3.60. The summed E-state index contributed by atoms with van der Waals surface area (Å²) in [6.07, 6.45) is 0. The second kappa shape index (κ2) is 3.54. The van der Waals surface area contributed by atoms with E-state index in [1.54, 1.807) is 7.11 Å². The molecule has 0 bridgehead atoms. The van der Waals surface area contributed by atoms with Crippen LogP contribution in [0.3, 0.4) is 0 Å². The summed E-state index contributed by atoms with van der Waals surface area (Å²) in [4.78, 5) is 0. The van der Waals surface area contributed by atoms with Gasteiger partial charge in [0.25, 0.3) is 0 Å². The smallest absolute Gasteiger partial charge is 0.193 e. The molecule has 1 aromatic carbocycles. The maximum Gasteiger partial charge on any atom is 0.193 e. The summed E-state index contributed by atoms with van der Waals surface area (Å²) in [6.45, 7) is 1.96. The van der Waals surface area contributed by atoms with Gasteiger partial charge in [0.15, 0.2) is 5.05 Å². The van der Waals surface area contributed by atoms with Crippen molar-refractivity contribution in [3.8, 4) is 0 Å². The second-order valence-corrected chi connectivity index (χ2v) is 2.90. The van der Waals surface area contributed by atoms with Crippen molar-refractivity contribution in [1.29, 1.82) is 0 Å². The first-order valence-corrected chi connectivity index (χ1v) is 4.01. The van der Waals surface area contributed by atoms with Crippen LogP contribution >= 0.6 is 12.2 Å². The topological polar surface area (TPSA) is 35.2 Å². The van der Waals surface area contributed by atoms with Gasteiger partial charge in [0, 0.05) is 5.69 Å². The molecular weight excluding hydrogens is 170 g/mol. The van der Waals surface area contributed by atoms with Crippen molar-refractivity contribution in [3.05, 3.63) is 29.3 Å². The minimum Gasteiger partial charge on any atom is -0.486 e. The fraction of sp³-hybridized carbons (Fsp3) is 0.222. The van der Waals surface area contributed by atoms with Gasteiger partial charge in [0.2, 0.25) is 0 Å². The molecule has 0 unspecified atom stereocenters. The standard InChI is InChI=1S/C9H11NOS/c1-6-4-3-5-7(10)8(6)9(12)11-2/h3-5H,10H2,1-2H3. The van der Waals surface area contributed by atoms with E-state index in [2.05, 4.69) is 0 Å². The third kappa shape index (κ3) is 1.56. The minimum atomic E-state index is 0.450. The number of nitrogen functional groups attached to an aromatic ring is 1. The zero-order valence-corrected chi connectivity index (χ0v) is 7.94. The van der Waals surface area contributed by atoms with Crippen molar-refractivity contribution in [2.75, 3.05) is 12.8 Å². The number of anilines is 1. The van der Waals surface area contributed by atoms with Crippen molar-refractivity contribution in [2.24, 2.45) is 0 Å². The highest BCUT2D eigenvalue weighted by molar-refractivity contribution is 7.80. The van der Waals surface area contributed by atoms with E-state index in [1.165, 1.54) is 0 Å². The van der Waals surface area contributed by atoms with Crippen LogP contribution in [0.4, 0.5) is 5.69 Å². The third-order valence-electron chi connectivity index (χ3n) is 1.69. The first-order chi connectivity index (χ1) is 5.66. The van der Waals surface area contributed by atoms with E-state index in [1.807, 2.05) is 25.1 Å². The molecule has 0 aliphatic rings. The SMILES string of the molecule is COC(=S)c1c(C)cccc1N. The summed E-state index contributed by atoms with van der Waals surface area (Å²) in [5.41, 5.74) is 8.27. The molecule has 3 heteroatoms. The van der Waals surface area contributed by atoms with Crippen LogP contribution in [0, 0.1) is 6.92 Å². The predicted molar refractivity (Wildman–Crippen MR) is 54.3 cm³/mol. The average molecular weight is 181 g/mol. The van der Waals surface area contributed by atoms with Gasteiger partial charge in [-0.1, -0.05) is 12.1 Å². The van der Waals surface area contributed by atoms with Crippen LogP contribution in [-0.4, -0.2) is 12.2 Å². The van der Waals surface area contributed by atoms with Crippen molar-refractivity contribution in [2.45, 2.75) is 6.92 Å². The average Bonchev–Trinajstić information content (AvgIpc) is 2.03. The molecule has 0 radical (unpaired) electrons. The van der Waals surface area contributed by atoms with Crippen LogP contribution < -0.4 is 5.73 Å². The van der Waals surface area contributed by atoms with Crippen LogP contribution in [0.1, 0.15) is 11.1 Å². The maximum absolute atomic E-state index is 5.73. The summed E-state index contributed by atoms with van der Waals surface area (Å²) >= 11 is 4.99. The Morgan fingerprint density at radius 3 is 2.67 bits per heavy atom. The molecule has 2 nitrogen and oxygen atoms in total. The lowest BCUT2D eigenvalue weighted by Gasteiger charge is -2.08. The summed E-state index contributed by atoms with van der Waals surface area (Å²) in [7, 11) is 1.55. The van der Waals surface area contributed by atoms with Gasteiger partial charge < -0.3 is 10.5 Å². The Balaban J connectivity index is 3.21. The number of hydrogen-bond donors (Lipinski definition) is 1. The molecule has 0 spiro atoms. The number of hydrogen-bond acceptors (Lipinski definition) is 3. The van der Waals surface area contributed by atoms with Crippen LogP contribution in [0.2, 0.25) is 0 Å². The highest BCUT2D eigenvalue weighted by Gasteiger charge is 2.07. The molecule has 12 heavy (non-hydrogen) atoms. The molecule has 0 amide bonds. The highest BCUT2D eigenvalue weighted by atomic mass is 32.1. The molecule has 0 fully saturated rings. The van der Waals surface area contributed by atoms with E-state index in [-0.39, 0.29) is 0 Å².